The van der Waals surface area contributed by atoms with Gasteiger partial charge in [-0.2, -0.15) is 0 Å². The highest BCUT2D eigenvalue weighted by molar-refractivity contribution is 5.93. The summed E-state index contributed by atoms with van der Waals surface area (Å²) in [5.74, 6) is 0.634. The number of nitrogens with zero attached hydrogens (tertiary/aromatic N) is 3. The molecule has 0 spiro atoms. The van der Waals surface area contributed by atoms with Crippen molar-refractivity contribution in [2.75, 3.05) is 18.4 Å². The normalized spacial score (nSPS) is 16.6. The largest absolute Gasteiger partial charge is 0.326 e. The molecule has 1 fully saturated rings. The summed E-state index contributed by atoms with van der Waals surface area (Å²) in [6, 6.07) is 20.6. The minimum Gasteiger partial charge on any atom is -0.326 e. The number of aryl methyl sites for hydroxylation is 2. The van der Waals surface area contributed by atoms with Crippen molar-refractivity contribution in [1.29, 1.82) is 0 Å². The topological polar surface area (TPSA) is 50.2 Å². The van der Waals surface area contributed by atoms with E-state index in [1.807, 2.05) is 50.2 Å². The first kappa shape index (κ1) is 22.3. The minimum atomic E-state index is -0.261. The van der Waals surface area contributed by atoms with Crippen LogP contribution in [0.25, 0.3) is 16.7 Å². The fraction of sp³-hybridized carbons (Fsp3) is 0.286. The fourth-order valence-corrected chi connectivity index (χ4v) is 4.78. The van der Waals surface area contributed by atoms with Gasteiger partial charge < -0.3 is 5.32 Å². The van der Waals surface area contributed by atoms with Gasteiger partial charge in [0.2, 0.25) is 5.91 Å². The van der Waals surface area contributed by atoms with E-state index >= 15 is 0 Å². The molecule has 0 unspecified atom stereocenters. The number of hydrogen-bond acceptors (Lipinski definition) is 3. The summed E-state index contributed by atoms with van der Waals surface area (Å²) in [6.07, 6.45) is 1.84. The van der Waals surface area contributed by atoms with Gasteiger partial charge in [-0.15, -0.1) is 0 Å². The van der Waals surface area contributed by atoms with Crippen LogP contribution in [-0.4, -0.2) is 33.4 Å². The van der Waals surface area contributed by atoms with Gasteiger partial charge in [-0.25, -0.2) is 9.37 Å². The summed E-state index contributed by atoms with van der Waals surface area (Å²) in [5, 5.41) is 3.15. The highest BCUT2D eigenvalue weighted by Crippen LogP contribution is 2.26. The van der Waals surface area contributed by atoms with E-state index in [9.17, 15) is 9.18 Å². The number of nitrogens with one attached hydrogen (secondary N) is 1. The van der Waals surface area contributed by atoms with E-state index < -0.39 is 0 Å². The summed E-state index contributed by atoms with van der Waals surface area (Å²) < 4.78 is 15.7. The molecule has 5 rings (SSSR count). The lowest BCUT2D eigenvalue weighted by molar-refractivity contribution is -0.121. The van der Waals surface area contributed by atoms with Crippen LogP contribution in [0, 0.1) is 25.6 Å². The minimum absolute atomic E-state index is 0.0719. The first-order chi connectivity index (χ1) is 16.5. The molecule has 6 heteroatoms. The second kappa shape index (κ2) is 9.39. The van der Waals surface area contributed by atoms with Crippen LogP contribution in [0.2, 0.25) is 0 Å². The number of hydrogen-bond donors (Lipinski definition) is 1. The Morgan fingerprint density at radius 2 is 1.88 bits per heavy atom. The predicted octanol–water partition coefficient (Wildman–Crippen LogP) is 5.63. The number of rotatable bonds is 5. The van der Waals surface area contributed by atoms with Gasteiger partial charge in [-0.1, -0.05) is 24.3 Å². The van der Waals surface area contributed by atoms with Crippen molar-refractivity contribution < 1.29 is 9.18 Å². The summed E-state index contributed by atoms with van der Waals surface area (Å²) in [4.78, 5) is 20.3. The summed E-state index contributed by atoms with van der Waals surface area (Å²) in [5.41, 5.74) is 5.87. The summed E-state index contributed by atoms with van der Waals surface area (Å²) in [7, 11) is 0. The summed E-state index contributed by atoms with van der Waals surface area (Å²) >= 11 is 0. The molecule has 1 saturated heterocycles. The number of anilines is 1. The van der Waals surface area contributed by atoms with Crippen molar-refractivity contribution in [2.24, 2.45) is 5.92 Å². The van der Waals surface area contributed by atoms with E-state index in [0.29, 0.717) is 13.1 Å². The van der Waals surface area contributed by atoms with Gasteiger partial charge in [0.1, 0.15) is 11.6 Å². The average Bonchev–Trinajstić information content (AvgIpc) is 3.20. The molecule has 1 atom stereocenters. The zero-order valence-corrected chi connectivity index (χ0v) is 19.6. The molecule has 4 aromatic rings. The van der Waals surface area contributed by atoms with Gasteiger partial charge in [-0.3, -0.25) is 14.3 Å². The van der Waals surface area contributed by atoms with E-state index in [4.69, 9.17) is 4.98 Å². The summed E-state index contributed by atoms with van der Waals surface area (Å²) in [6.45, 7) is 6.27. The van der Waals surface area contributed by atoms with Gasteiger partial charge in [0.15, 0.2) is 0 Å². The van der Waals surface area contributed by atoms with Crippen molar-refractivity contribution in [3.8, 4) is 5.69 Å². The zero-order chi connectivity index (χ0) is 23.7. The second-order valence-corrected chi connectivity index (χ2v) is 9.21. The Balaban J connectivity index is 1.37. The van der Waals surface area contributed by atoms with Crippen molar-refractivity contribution >= 4 is 22.6 Å². The first-order valence-corrected chi connectivity index (χ1v) is 11.8. The Kier molecular flexibility index (Phi) is 6.16. The second-order valence-electron chi connectivity index (χ2n) is 9.21. The van der Waals surface area contributed by atoms with E-state index in [-0.39, 0.29) is 17.6 Å². The molecule has 1 aliphatic heterocycles. The molecule has 174 valence electrons. The Labute approximate surface area is 199 Å². The Morgan fingerprint density at radius 1 is 1.09 bits per heavy atom. The van der Waals surface area contributed by atoms with E-state index in [0.717, 1.165) is 58.7 Å². The Hall–Kier alpha value is -3.51. The number of piperidine rings is 1. The van der Waals surface area contributed by atoms with Gasteiger partial charge >= 0.3 is 0 Å². The number of benzene rings is 3. The number of amides is 1. The number of carbonyl (C=O) groups excluding carboxylic acids is 1. The van der Waals surface area contributed by atoms with Gasteiger partial charge in [0.05, 0.1) is 23.5 Å². The molecular weight excluding hydrogens is 427 g/mol. The van der Waals surface area contributed by atoms with Crippen LogP contribution < -0.4 is 5.32 Å². The van der Waals surface area contributed by atoms with Gasteiger partial charge in [-0.05, 0) is 86.8 Å². The Morgan fingerprint density at radius 3 is 2.71 bits per heavy atom. The number of carbonyl (C=O) groups is 1. The quantitative estimate of drug-likeness (QED) is 0.423. The Bertz CT molecular complexity index is 1330. The highest BCUT2D eigenvalue weighted by atomic mass is 19.1. The third-order valence-corrected chi connectivity index (χ3v) is 6.61. The maximum Gasteiger partial charge on any atom is 0.228 e. The maximum atomic E-state index is 13.6. The number of imidazole rings is 1. The van der Waals surface area contributed by atoms with E-state index in [1.165, 1.54) is 12.1 Å². The zero-order valence-electron chi connectivity index (χ0n) is 19.6. The van der Waals surface area contributed by atoms with Gasteiger partial charge in [0.25, 0.3) is 0 Å². The highest BCUT2D eigenvalue weighted by Gasteiger charge is 2.27. The van der Waals surface area contributed by atoms with Crippen LogP contribution in [0.5, 0.6) is 0 Å². The van der Waals surface area contributed by atoms with Crippen LogP contribution in [0.15, 0.2) is 66.7 Å². The van der Waals surface area contributed by atoms with Crippen LogP contribution >= 0.6 is 0 Å². The number of fused-ring (bicyclic) bond motifs is 1. The van der Waals surface area contributed by atoms with Crippen molar-refractivity contribution in [3.63, 3.8) is 0 Å². The molecule has 3 aromatic carbocycles. The number of aromatic nitrogens is 2. The smallest absolute Gasteiger partial charge is 0.228 e. The number of halogens is 1. The van der Waals surface area contributed by atoms with E-state index in [1.54, 1.807) is 12.1 Å². The predicted molar refractivity (Wildman–Crippen MR) is 134 cm³/mol. The lowest BCUT2D eigenvalue weighted by Gasteiger charge is -2.32. The SMILES string of the molecule is Cc1ccc(C)c(NC(=O)[C@H]2CCCN(Cc3nc4ccccc4n3-c3ccc(F)cc3)C2)c1. The number of likely N-dealkylation sites (tertiary alicyclic amines) is 1. The molecule has 0 bridgehead atoms. The van der Waals surface area contributed by atoms with Crippen molar-refractivity contribution in [1.82, 2.24) is 14.5 Å². The third-order valence-electron chi connectivity index (χ3n) is 6.61. The molecule has 5 nitrogen and oxygen atoms in total. The van der Waals surface area contributed by atoms with Crippen molar-refractivity contribution in [2.45, 2.75) is 33.2 Å². The average molecular weight is 457 g/mol. The fourth-order valence-electron chi connectivity index (χ4n) is 4.78. The molecule has 0 saturated carbocycles. The van der Waals surface area contributed by atoms with Crippen LogP contribution in [-0.2, 0) is 11.3 Å². The van der Waals surface area contributed by atoms with Crippen molar-refractivity contribution in [3.05, 3.63) is 89.5 Å². The van der Waals surface area contributed by atoms with E-state index in [2.05, 4.69) is 20.9 Å². The lowest BCUT2D eigenvalue weighted by atomic mass is 9.96. The standard InChI is InChI=1S/C28H29FN4O/c1-19-9-10-20(2)25(16-19)31-28(34)21-6-5-15-32(17-21)18-27-30-24-7-3-4-8-26(24)33(27)23-13-11-22(29)12-14-23/h3-4,7-14,16,21H,5-6,15,17-18H2,1-2H3,(H,31,34)/t21-/m0/s1. The molecule has 2 heterocycles. The molecule has 34 heavy (non-hydrogen) atoms. The van der Waals surface area contributed by atoms with Crippen LogP contribution in [0.4, 0.5) is 10.1 Å². The van der Waals surface area contributed by atoms with Gasteiger partial charge in [0, 0.05) is 17.9 Å². The molecule has 1 aromatic heterocycles. The molecule has 1 amide bonds. The molecular formula is C28H29FN4O. The lowest BCUT2D eigenvalue weighted by Crippen LogP contribution is -2.40. The maximum absolute atomic E-state index is 13.6. The molecule has 1 N–H and O–H groups in total. The molecule has 1 aliphatic rings. The molecule has 0 radical (unpaired) electrons. The molecule has 0 aliphatic carbocycles. The number of para-hydroxylation sites is 2. The van der Waals surface area contributed by atoms with Crippen LogP contribution in [0.3, 0.4) is 0 Å². The monoisotopic (exact) mass is 456 g/mol. The third kappa shape index (κ3) is 4.59. The van der Waals surface area contributed by atoms with Crippen LogP contribution in [0.1, 0.15) is 29.8 Å². The first-order valence-electron chi connectivity index (χ1n) is 11.8.